The third-order valence-corrected chi connectivity index (χ3v) is 2.42. The Bertz CT molecular complexity index is 538. The van der Waals surface area contributed by atoms with Crippen LogP contribution in [-0.2, 0) is 6.61 Å². The van der Waals surface area contributed by atoms with E-state index in [1.54, 1.807) is 18.3 Å². The van der Waals surface area contributed by atoms with Gasteiger partial charge in [0.2, 0.25) is 5.88 Å². The number of pyridine rings is 1. The van der Waals surface area contributed by atoms with Gasteiger partial charge >= 0.3 is 0 Å². The smallest absolute Gasteiger partial charge is 0.213 e. The van der Waals surface area contributed by atoms with Crippen molar-refractivity contribution < 1.29 is 19.3 Å². The Morgan fingerprint density at radius 2 is 1.81 bits per heavy atom. The highest BCUT2D eigenvalue weighted by Gasteiger charge is 1.97. The fourth-order valence-corrected chi connectivity index (χ4v) is 1.51. The van der Waals surface area contributed by atoms with Crippen molar-refractivity contribution in [1.82, 2.24) is 4.98 Å². The summed E-state index contributed by atoms with van der Waals surface area (Å²) in [5, 5.41) is 14.2. The Morgan fingerprint density at radius 3 is 2.33 bits per heavy atom. The van der Waals surface area contributed by atoms with Gasteiger partial charge in [0.25, 0.3) is 0 Å². The first-order valence-electron chi connectivity index (χ1n) is 6.37. The van der Waals surface area contributed by atoms with E-state index in [-0.39, 0.29) is 5.82 Å². The van der Waals surface area contributed by atoms with Gasteiger partial charge in [-0.15, -0.1) is 0 Å². The zero-order chi connectivity index (χ0) is 15.5. The Morgan fingerprint density at radius 1 is 1.14 bits per heavy atom. The van der Waals surface area contributed by atoms with Gasteiger partial charge in [-0.1, -0.05) is 24.3 Å². The lowest BCUT2D eigenvalue weighted by Crippen LogP contribution is -1.97. The van der Waals surface area contributed by atoms with E-state index in [2.05, 4.69) is 4.98 Å². The summed E-state index contributed by atoms with van der Waals surface area (Å²) >= 11 is 0. The predicted octanol–water partition coefficient (Wildman–Crippen LogP) is 2.76. The number of hydrogen-bond acceptors (Lipinski definition) is 4. The van der Waals surface area contributed by atoms with Gasteiger partial charge in [-0.05, 0) is 36.2 Å². The van der Waals surface area contributed by atoms with Crippen LogP contribution >= 0.6 is 0 Å². The molecular weight excluding hydrogens is 273 g/mol. The summed E-state index contributed by atoms with van der Waals surface area (Å²) in [6, 6.07) is 9.99. The maximum Gasteiger partial charge on any atom is 0.213 e. The molecule has 21 heavy (non-hydrogen) atoms. The molecule has 112 valence electrons. The Balaban J connectivity index is 0.000000677. The van der Waals surface area contributed by atoms with E-state index in [1.165, 1.54) is 12.1 Å². The fraction of sp³-hybridized carbons (Fsp3) is 0.188. The van der Waals surface area contributed by atoms with Crippen LogP contribution in [0.4, 0.5) is 4.39 Å². The second-order valence-corrected chi connectivity index (χ2v) is 3.99. The van der Waals surface area contributed by atoms with E-state index in [0.717, 1.165) is 11.1 Å². The SMILES string of the molecule is C/C=C/c1ccc(OCc2ccc(F)cc2)nc1.OCO. The van der Waals surface area contributed by atoms with Crippen molar-refractivity contribution in [2.45, 2.75) is 13.5 Å². The number of nitrogens with zero attached hydrogens (tertiary/aromatic N) is 1. The predicted molar refractivity (Wildman–Crippen MR) is 79.0 cm³/mol. The maximum atomic E-state index is 12.7. The molecule has 0 fully saturated rings. The molecule has 2 aromatic rings. The number of allylic oxidation sites excluding steroid dienone is 1. The molecule has 0 amide bonds. The van der Waals surface area contributed by atoms with E-state index in [9.17, 15) is 4.39 Å². The Kier molecular flexibility index (Phi) is 7.71. The Hall–Kier alpha value is -2.24. The summed E-state index contributed by atoms with van der Waals surface area (Å²) in [5.41, 5.74) is 1.95. The number of ether oxygens (including phenoxy) is 1. The molecule has 0 unspecified atom stereocenters. The summed E-state index contributed by atoms with van der Waals surface area (Å²) in [6.45, 7) is 1.59. The quantitative estimate of drug-likeness (QED) is 0.850. The lowest BCUT2D eigenvalue weighted by molar-refractivity contribution is 0.0773. The first kappa shape index (κ1) is 16.8. The van der Waals surface area contributed by atoms with E-state index in [4.69, 9.17) is 14.9 Å². The van der Waals surface area contributed by atoms with E-state index in [0.29, 0.717) is 12.5 Å². The number of rotatable bonds is 4. The molecule has 5 heteroatoms. The maximum absolute atomic E-state index is 12.7. The van der Waals surface area contributed by atoms with Crippen molar-refractivity contribution >= 4 is 6.08 Å². The van der Waals surface area contributed by atoms with Crippen molar-refractivity contribution in [3.63, 3.8) is 0 Å². The van der Waals surface area contributed by atoms with Crippen LogP contribution in [0.25, 0.3) is 6.08 Å². The van der Waals surface area contributed by atoms with Crippen molar-refractivity contribution in [2.24, 2.45) is 0 Å². The number of aliphatic hydroxyl groups is 2. The highest BCUT2D eigenvalue weighted by atomic mass is 19.1. The molecule has 0 aliphatic heterocycles. The first-order chi connectivity index (χ1) is 10.2. The van der Waals surface area contributed by atoms with Crippen molar-refractivity contribution in [2.75, 3.05) is 6.79 Å². The first-order valence-corrected chi connectivity index (χ1v) is 6.37. The molecular formula is C16H18FNO3. The van der Waals surface area contributed by atoms with Gasteiger partial charge < -0.3 is 14.9 Å². The number of aliphatic hydroxyl groups excluding tert-OH is 1. The molecule has 4 nitrogen and oxygen atoms in total. The van der Waals surface area contributed by atoms with Gasteiger partial charge in [0.1, 0.15) is 19.2 Å². The van der Waals surface area contributed by atoms with Crippen LogP contribution < -0.4 is 4.74 Å². The molecule has 0 aliphatic rings. The average Bonchev–Trinajstić information content (AvgIpc) is 2.49. The van der Waals surface area contributed by atoms with E-state index in [1.807, 2.05) is 31.2 Å². The van der Waals surface area contributed by atoms with Crippen molar-refractivity contribution in [3.8, 4) is 5.88 Å². The van der Waals surface area contributed by atoms with Crippen LogP contribution in [0.15, 0.2) is 48.7 Å². The number of halogens is 1. The third-order valence-electron chi connectivity index (χ3n) is 2.42. The summed E-state index contributed by atoms with van der Waals surface area (Å²) in [7, 11) is 0. The van der Waals surface area contributed by atoms with E-state index >= 15 is 0 Å². The largest absolute Gasteiger partial charge is 0.473 e. The lowest BCUT2D eigenvalue weighted by Gasteiger charge is -2.05. The molecule has 0 radical (unpaired) electrons. The minimum atomic E-state index is -0.750. The van der Waals surface area contributed by atoms with Gasteiger partial charge in [-0.3, -0.25) is 0 Å². The van der Waals surface area contributed by atoms with Gasteiger partial charge in [0, 0.05) is 12.3 Å². The van der Waals surface area contributed by atoms with Crippen molar-refractivity contribution in [1.29, 1.82) is 0 Å². The molecule has 1 aromatic carbocycles. The average molecular weight is 291 g/mol. The zero-order valence-electron chi connectivity index (χ0n) is 11.7. The third kappa shape index (κ3) is 6.65. The lowest BCUT2D eigenvalue weighted by atomic mass is 10.2. The second kappa shape index (κ2) is 9.63. The fourth-order valence-electron chi connectivity index (χ4n) is 1.51. The summed E-state index contributed by atoms with van der Waals surface area (Å²) in [4.78, 5) is 4.18. The zero-order valence-corrected chi connectivity index (χ0v) is 11.7. The standard InChI is InChI=1S/C15H14FNO.CH4O2/c1-2-3-12-6-9-15(17-10-12)18-11-13-4-7-14(16)8-5-13;2-1-3/h2-10H,11H2,1H3;2-3H,1H2/b3-2+;. The molecule has 2 rings (SSSR count). The minimum Gasteiger partial charge on any atom is -0.473 e. The monoisotopic (exact) mass is 291 g/mol. The molecule has 1 heterocycles. The van der Waals surface area contributed by atoms with Gasteiger partial charge in [0.15, 0.2) is 0 Å². The molecule has 1 aromatic heterocycles. The van der Waals surface area contributed by atoms with Gasteiger partial charge in [-0.2, -0.15) is 0 Å². The van der Waals surface area contributed by atoms with Crippen LogP contribution in [0.5, 0.6) is 5.88 Å². The summed E-state index contributed by atoms with van der Waals surface area (Å²) in [5.74, 6) is 0.320. The van der Waals surface area contributed by atoms with Gasteiger partial charge in [0.05, 0.1) is 0 Å². The van der Waals surface area contributed by atoms with E-state index < -0.39 is 6.79 Å². The van der Waals surface area contributed by atoms with Gasteiger partial charge in [-0.25, -0.2) is 9.37 Å². The topological polar surface area (TPSA) is 62.6 Å². The molecule has 0 spiro atoms. The molecule has 0 bridgehead atoms. The molecule has 0 atom stereocenters. The van der Waals surface area contributed by atoms with Crippen LogP contribution in [0.3, 0.4) is 0 Å². The van der Waals surface area contributed by atoms with Crippen LogP contribution in [-0.4, -0.2) is 22.0 Å². The molecule has 0 saturated carbocycles. The summed E-state index contributed by atoms with van der Waals surface area (Å²) in [6.07, 6.45) is 5.67. The second-order valence-electron chi connectivity index (χ2n) is 3.99. The normalized spacial score (nSPS) is 10.1. The Labute approximate surface area is 123 Å². The molecule has 2 N–H and O–H groups in total. The van der Waals surface area contributed by atoms with Crippen LogP contribution in [0.1, 0.15) is 18.1 Å². The molecule has 0 aliphatic carbocycles. The molecule has 0 saturated heterocycles. The minimum absolute atomic E-state index is 0.243. The summed E-state index contributed by atoms with van der Waals surface area (Å²) < 4.78 is 18.2. The number of aromatic nitrogens is 1. The number of hydrogen-bond donors (Lipinski definition) is 2. The highest BCUT2D eigenvalue weighted by molar-refractivity contribution is 5.47. The van der Waals surface area contributed by atoms with Crippen LogP contribution in [0, 0.1) is 5.82 Å². The highest BCUT2D eigenvalue weighted by Crippen LogP contribution is 2.11. The van der Waals surface area contributed by atoms with Crippen LogP contribution in [0.2, 0.25) is 0 Å². The van der Waals surface area contributed by atoms with Crippen molar-refractivity contribution in [3.05, 3.63) is 65.6 Å². The number of benzene rings is 1.